The van der Waals surface area contributed by atoms with Crippen LogP contribution in [0, 0.1) is 11.6 Å². The molecule has 2 rings (SSSR count). The van der Waals surface area contributed by atoms with Gasteiger partial charge in [-0.05, 0) is 25.8 Å². The standard InChI is InChI=1S/C10H14N2OS/c1-7-5-10(14)12-9(11-7)6-8-3-2-4-13-8/h5,8H,2-4,6H2,1H3,(H,11,12,14). The van der Waals surface area contributed by atoms with E-state index < -0.39 is 0 Å². The zero-order valence-electron chi connectivity index (χ0n) is 8.25. The van der Waals surface area contributed by atoms with E-state index in [0.717, 1.165) is 37.4 Å². The number of nitrogens with zero attached hydrogens (tertiary/aromatic N) is 1. The average Bonchev–Trinajstić information content (AvgIpc) is 2.54. The average molecular weight is 210 g/mol. The summed E-state index contributed by atoms with van der Waals surface area (Å²) in [5, 5.41) is 0. The van der Waals surface area contributed by atoms with E-state index in [9.17, 15) is 0 Å². The summed E-state index contributed by atoms with van der Waals surface area (Å²) < 4.78 is 6.20. The van der Waals surface area contributed by atoms with E-state index in [4.69, 9.17) is 17.0 Å². The van der Waals surface area contributed by atoms with Gasteiger partial charge in [0.2, 0.25) is 0 Å². The molecule has 0 bridgehead atoms. The van der Waals surface area contributed by atoms with Crippen LogP contribution in [0.4, 0.5) is 0 Å². The van der Waals surface area contributed by atoms with E-state index in [1.165, 1.54) is 0 Å². The van der Waals surface area contributed by atoms with Crippen LogP contribution in [0.2, 0.25) is 0 Å². The monoisotopic (exact) mass is 210 g/mol. The van der Waals surface area contributed by atoms with Crippen molar-refractivity contribution in [2.24, 2.45) is 0 Å². The Morgan fingerprint density at radius 1 is 1.71 bits per heavy atom. The maximum atomic E-state index is 5.54. The Morgan fingerprint density at radius 3 is 3.21 bits per heavy atom. The van der Waals surface area contributed by atoms with Crippen molar-refractivity contribution in [2.75, 3.05) is 6.61 Å². The minimum Gasteiger partial charge on any atom is -0.378 e. The van der Waals surface area contributed by atoms with Gasteiger partial charge >= 0.3 is 0 Å². The second kappa shape index (κ2) is 4.19. The first kappa shape index (κ1) is 9.80. The van der Waals surface area contributed by atoms with Crippen molar-refractivity contribution in [2.45, 2.75) is 32.3 Å². The van der Waals surface area contributed by atoms with Crippen LogP contribution in [0.15, 0.2) is 6.07 Å². The lowest BCUT2D eigenvalue weighted by Crippen LogP contribution is -2.12. The lowest BCUT2D eigenvalue weighted by molar-refractivity contribution is 0.110. The van der Waals surface area contributed by atoms with E-state index in [-0.39, 0.29) is 0 Å². The summed E-state index contributed by atoms with van der Waals surface area (Å²) in [6.45, 7) is 2.88. The van der Waals surface area contributed by atoms with Crippen molar-refractivity contribution in [3.63, 3.8) is 0 Å². The molecular weight excluding hydrogens is 196 g/mol. The molecule has 1 N–H and O–H groups in total. The van der Waals surface area contributed by atoms with Crippen molar-refractivity contribution in [1.82, 2.24) is 9.97 Å². The molecule has 14 heavy (non-hydrogen) atoms. The highest BCUT2D eigenvalue weighted by molar-refractivity contribution is 7.71. The topological polar surface area (TPSA) is 37.9 Å². The minimum absolute atomic E-state index is 0.329. The number of aromatic amines is 1. The van der Waals surface area contributed by atoms with Gasteiger partial charge in [0, 0.05) is 18.7 Å². The smallest absolute Gasteiger partial charge is 0.129 e. The number of aromatic nitrogens is 2. The third-order valence-corrected chi connectivity index (χ3v) is 2.58. The number of aryl methyl sites for hydroxylation is 1. The van der Waals surface area contributed by atoms with Gasteiger partial charge in [0.15, 0.2) is 0 Å². The first-order valence-corrected chi connectivity index (χ1v) is 5.33. The summed E-state index contributed by atoms with van der Waals surface area (Å²) >= 11 is 5.06. The van der Waals surface area contributed by atoms with Crippen LogP contribution < -0.4 is 0 Å². The molecule has 1 atom stereocenters. The number of ether oxygens (including phenoxy) is 1. The highest BCUT2D eigenvalue weighted by atomic mass is 32.1. The van der Waals surface area contributed by atoms with E-state index in [0.29, 0.717) is 10.7 Å². The molecule has 0 amide bonds. The van der Waals surface area contributed by atoms with Crippen LogP contribution in [0.1, 0.15) is 24.4 Å². The Bertz CT molecular complexity index is 369. The SMILES string of the molecule is Cc1cc(=S)nc(CC2CCCO2)[nH]1. The quantitative estimate of drug-likeness (QED) is 0.760. The Balaban J connectivity index is 2.11. The molecule has 0 aromatic carbocycles. The van der Waals surface area contributed by atoms with Gasteiger partial charge < -0.3 is 9.72 Å². The predicted molar refractivity (Wildman–Crippen MR) is 56.8 cm³/mol. The van der Waals surface area contributed by atoms with Crippen LogP contribution in [0.25, 0.3) is 0 Å². The van der Waals surface area contributed by atoms with Crippen LogP contribution in [-0.2, 0) is 11.2 Å². The first-order valence-electron chi connectivity index (χ1n) is 4.92. The number of rotatable bonds is 2. The molecule has 2 heterocycles. The second-order valence-corrected chi connectivity index (χ2v) is 4.11. The molecule has 1 aromatic rings. The molecule has 1 unspecified atom stereocenters. The normalized spacial score (nSPS) is 21.4. The molecule has 3 nitrogen and oxygen atoms in total. The molecule has 0 spiro atoms. The molecule has 1 fully saturated rings. The van der Waals surface area contributed by atoms with Gasteiger partial charge in [-0.25, -0.2) is 4.98 Å². The van der Waals surface area contributed by atoms with Gasteiger partial charge in [-0.1, -0.05) is 12.2 Å². The number of nitrogens with one attached hydrogen (secondary N) is 1. The minimum atomic E-state index is 0.329. The molecule has 4 heteroatoms. The first-order chi connectivity index (χ1) is 6.74. The number of hydrogen-bond donors (Lipinski definition) is 1. The highest BCUT2D eigenvalue weighted by Gasteiger charge is 2.16. The molecular formula is C10H14N2OS. The molecule has 0 aliphatic carbocycles. The van der Waals surface area contributed by atoms with E-state index >= 15 is 0 Å². The second-order valence-electron chi connectivity index (χ2n) is 3.69. The summed E-state index contributed by atoms with van der Waals surface area (Å²) in [6, 6.07) is 1.87. The van der Waals surface area contributed by atoms with E-state index in [2.05, 4.69) is 9.97 Å². The van der Waals surface area contributed by atoms with Crippen molar-refractivity contribution < 1.29 is 4.74 Å². The zero-order valence-corrected chi connectivity index (χ0v) is 9.06. The molecule has 1 aliphatic rings. The molecule has 0 saturated carbocycles. The maximum absolute atomic E-state index is 5.54. The molecule has 1 aromatic heterocycles. The van der Waals surface area contributed by atoms with E-state index in [1.807, 2.05) is 13.0 Å². The Kier molecular flexibility index (Phi) is 2.93. The fraction of sp³-hybridized carbons (Fsp3) is 0.600. The van der Waals surface area contributed by atoms with Gasteiger partial charge in [-0.2, -0.15) is 0 Å². The number of H-pyrrole nitrogens is 1. The zero-order chi connectivity index (χ0) is 9.97. The van der Waals surface area contributed by atoms with Crippen molar-refractivity contribution in [3.8, 4) is 0 Å². The van der Waals surface area contributed by atoms with Crippen LogP contribution >= 0.6 is 12.2 Å². The summed E-state index contributed by atoms with van der Waals surface area (Å²) in [6.07, 6.45) is 3.48. The fourth-order valence-corrected chi connectivity index (χ4v) is 2.05. The largest absolute Gasteiger partial charge is 0.378 e. The van der Waals surface area contributed by atoms with Gasteiger partial charge in [-0.15, -0.1) is 0 Å². The maximum Gasteiger partial charge on any atom is 0.129 e. The Morgan fingerprint density at radius 2 is 2.57 bits per heavy atom. The Hall–Kier alpha value is -0.740. The van der Waals surface area contributed by atoms with Gasteiger partial charge in [0.25, 0.3) is 0 Å². The lowest BCUT2D eigenvalue weighted by atomic mass is 10.2. The Labute approximate surface area is 88.5 Å². The van der Waals surface area contributed by atoms with Gasteiger partial charge in [0.1, 0.15) is 10.5 Å². The van der Waals surface area contributed by atoms with Crippen molar-refractivity contribution >= 4 is 12.2 Å². The third kappa shape index (κ3) is 2.39. The lowest BCUT2D eigenvalue weighted by Gasteiger charge is -2.08. The van der Waals surface area contributed by atoms with Crippen LogP contribution in [0.5, 0.6) is 0 Å². The number of hydrogen-bond acceptors (Lipinski definition) is 3. The summed E-state index contributed by atoms with van der Waals surface area (Å²) in [5.74, 6) is 0.946. The van der Waals surface area contributed by atoms with Gasteiger partial charge in [0.05, 0.1) is 6.10 Å². The van der Waals surface area contributed by atoms with Crippen LogP contribution in [-0.4, -0.2) is 22.7 Å². The fourth-order valence-electron chi connectivity index (χ4n) is 1.76. The molecule has 76 valence electrons. The van der Waals surface area contributed by atoms with Crippen molar-refractivity contribution in [3.05, 3.63) is 22.2 Å². The molecule has 1 aliphatic heterocycles. The van der Waals surface area contributed by atoms with E-state index in [1.54, 1.807) is 0 Å². The summed E-state index contributed by atoms with van der Waals surface area (Å²) in [7, 11) is 0. The summed E-state index contributed by atoms with van der Waals surface area (Å²) in [4.78, 5) is 7.49. The summed E-state index contributed by atoms with van der Waals surface area (Å²) in [5.41, 5.74) is 1.07. The van der Waals surface area contributed by atoms with Crippen molar-refractivity contribution in [1.29, 1.82) is 0 Å². The highest BCUT2D eigenvalue weighted by Crippen LogP contribution is 2.15. The molecule has 1 saturated heterocycles. The third-order valence-electron chi connectivity index (χ3n) is 2.37. The van der Waals surface area contributed by atoms with Crippen LogP contribution in [0.3, 0.4) is 0 Å². The predicted octanol–water partition coefficient (Wildman–Crippen LogP) is 2.17. The van der Waals surface area contributed by atoms with Gasteiger partial charge in [-0.3, -0.25) is 0 Å². The molecule has 0 radical (unpaired) electrons.